The first kappa shape index (κ1) is 71.8. The molecule has 0 amide bonds. The molecule has 0 saturated carbocycles. The van der Waals surface area contributed by atoms with Crippen LogP contribution >= 0.6 is 0 Å². The molecule has 432 valence electrons. The minimum absolute atomic E-state index is 0.0964. The van der Waals surface area contributed by atoms with E-state index in [0.717, 1.165) is 148 Å². The van der Waals surface area contributed by atoms with E-state index in [9.17, 15) is 14.4 Å². The van der Waals surface area contributed by atoms with Crippen molar-refractivity contribution in [2.45, 2.75) is 290 Å². The SMILES string of the molecule is CC/C=C\C/C=C\C/C=C\C/C=C\C/C=C\CCCCCCCC(=O)OCC(COC(=O)CCCCCCCCC/C=C\C/C=C\CCCCCC)OC(=O)CCCCCCCC/C=C\C/C=C\C/C=C\CCCCC. The van der Waals surface area contributed by atoms with Crippen LogP contribution in [0.25, 0.3) is 0 Å². The molecule has 0 fully saturated rings. The van der Waals surface area contributed by atoms with Crippen molar-refractivity contribution in [3.8, 4) is 0 Å². The topological polar surface area (TPSA) is 78.9 Å². The van der Waals surface area contributed by atoms with Crippen molar-refractivity contribution in [2.24, 2.45) is 0 Å². The number of allylic oxidation sites excluding steroid dienone is 20. The second-order valence-electron chi connectivity index (χ2n) is 20.6. The van der Waals surface area contributed by atoms with Crippen LogP contribution in [-0.2, 0) is 28.6 Å². The Morgan fingerprint density at radius 1 is 0.276 bits per heavy atom. The molecule has 0 N–H and O–H groups in total. The molecular weight excluding hydrogens is 937 g/mol. The van der Waals surface area contributed by atoms with Gasteiger partial charge in [0.2, 0.25) is 0 Å². The Morgan fingerprint density at radius 2 is 0.513 bits per heavy atom. The molecule has 0 aromatic carbocycles. The van der Waals surface area contributed by atoms with Gasteiger partial charge in [-0.15, -0.1) is 0 Å². The monoisotopic (exact) mass is 1050 g/mol. The fourth-order valence-electron chi connectivity index (χ4n) is 8.45. The Balaban J connectivity index is 4.48. The van der Waals surface area contributed by atoms with Crippen molar-refractivity contribution >= 4 is 17.9 Å². The predicted octanol–water partition coefficient (Wildman–Crippen LogP) is 21.6. The van der Waals surface area contributed by atoms with Gasteiger partial charge >= 0.3 is 17.9 Å². The maximum absolute atomic E-state index is 12.9. The third kappa shape index (κ3) is 60.7. The lowest BCUT2D eigenvalue weighted by Gasteiger charge is -2.18. The lowest BCUT2D eigenvalue weighted by molar-refractivity contribution is -0.167. The summed E-state index contributed by atoms with van der Waals surface area (Å²) in [5, 5.41) is 0. The van der Waals surface area contributed by atoms with E-state index >= 15 is 0 Å². The summed E-state index contributed by atoms with van der Waals surface area (Å²) in [6.07, 6.45) is 87.5. The van der Waals surface area contributed by atoms with E-state index in [1.165, 1.54) is 96.3 Å². The molecule has 0 aliphatic rings. The number of unbranched alkanes of at least 4 members (excludes halogenated alkanes) is 25. The minimum atomic E-state index is -0.802. The Hall–Kier alpha value is -4.19. The Kier molecular flexibility index (Phi) is 59.9. The molecule has 1 unspecified atom stereocenters. The van der Waals surface area contributed by atoms with Gasteiger partial charge in [0.15, 0.2) is 6.10 Å². The predicted molar refractivity (Wildman–Crippen MR) is 330 cm³/mol. The van der Waals surface area contributed by atoms with E-state index in [4.69, 9.17) is 14.2 Å². The van der Waals surface area contributed by atoms with E-state index in [0.29, 0.717) is 19.3 Å². The van der Waals surface area contributed by atoms with Gasteiger partial charge in [0.05, 0.1) is 0 Å². The summed E-state index contributed by atoms with van der Waals surface area (Å²) in [5.74, 6) is -0.932. The van der Waals surface area contributed by atoms with E-state index in [-0.39, 0.29) is 31.1 Å². The molecule has 0 spiro atoms. The minimum Gasteiger partial charge on any atom is -0.462 e. The molecule has 0 bridgehead atoms. The Bertz CT molecular complexity index is 1590. The van der Waals surface area contributed by atoms with Crippen LogP contribution in [0.4, 0.5) is 0 Å². The van der Waals surface area contributed by atoms with Gasteiger partial charge in [-0.05, 0) is 135 Å². The summed E-state index contributed by atoms with van der Waals surface area (Å²) in [5.41, 5.74) is 0. The summed E-state index contributed by atoms with van der Waals surface area (Å²) in [6, 6.07) is 0. The standard InChI is InChI=1S/C70H116O6/c1-4-7-10-13-16-19-22-25-28-31-34-35-37-39-42-45-48-51-54-57-60-63-69(72)75-66-67(65-74-68(71)62-59-56-53-50-47-44-41-38-33-30-27-24-21-18-15-12-9-6-3)76-70(73)64-61-58-55-52-49-46-43-40-36-32-29-26-23-20-17-14-11-8-5-2/h7,10,16-17,19-21,24-26,28-30,33-36,39-40,42,67H,4-6,8-9,11-15,18,22-23,27,31-32,37-38,41,43-66H2,1-3H3/b10-7-,19-16-,20-17-,24-21-,28-25-,29-26-,33-30-,35-34-,40-36-,42-39-. The quantitative estimate of drug-likeness (QED) is 0.0261. The lowest BCUT2D eigenvalue weighted by atomic mass is 10.1. The Morgan fingerprint density at radius 3 is 0.829 bits per heavy atom. The van der Waals surface area contributed by atoms with Crippen molar-refractivity contribution in [1.82, 2.24) is 0 Å². The van der Waals surface area contributed by atoms with Crippen LogP contribution < -0.4 is 0 Å². The zero-order valence-electron chi connectivity index (χ0n) is 49.5. The van der Waals surface area contributed by atoms with Crippen molar-refractivity contribution < 1.29 is 28.6 Å². The zero-order chi connectivity index (χ0) is 55.0. The third-order valence-corrected chi connectivity index (χ3v) is 13.2. The van der Waals surface area contributed by atoms with Crippen molar-refractivity contribution in [3.05, 3.63) is 122 Å². The maximum atomic E-state index is 12.9. The fraction of sp³-hybridized carbons (Fsp3) is 0.671. The molecular formula is C70H116O6. The number of hydrogen-bond donors (Lipinski definition) is 0. The van der Waals surface area contributed by atoms with Crippen molar-refractivity contribution in [1.29, 1.82) is 0 Å². The van der Waals surface area contributed by atoms with Gasteiger partial charge < -0.3 is 14.2 Å². The molecule has 76 heavy (non-hydrogen) atoms. The van der Waals surface area contributed by atoms with Crippen LogP contribution in [0, 0.1) is 0 Å². The van der Waals surface area contributed by atoms with Crippen LogP contribution in [0.15, 0.2) is 122 Å². The normalized spacial score (nSPS) is 12.9. The first-order chi connectivity index (χ1) is 37.5. The van der Waals surface area contributed by atoms with Crippen molar-refractivity contribution in [2.75, 3.05) is 13.2 Å². The lowest BCUT2D eigenvalue weighted by Crippen LogP contribution is -2.30. The summed E-state index contributed by atoms with van der Waals surface area (Å²) >= 11 is 0. The van der Waals surface area contributed by atoms with E-state index in [1.807, 2.05) is 0 Å². The highest BCUT2D eigenvalue weighted by atomic mass is 16.6. The molecule has 0 aliphatic heterocycles. The van der Waals surface area contributed by atoms with Gasteiger partial charge in [0, 0.05) is 19.3 Å². The van der Waals surface area contributed by atoms with Crippen molar-refractivity contribution in [3.63, 3.8) is 0 Å². The maximum Gasteiger partial charge on any atom is 0.306 e. The number of carbonyl (C=O) groups excluding carboxylic acids is 3. The highest BCUT2D eigenvalue weighted by molar-refractivity contribution is 5.71. The Labute approximate surface area is 469 Å². The first-order valence-corrected chi connectivity index (χ1v) is 31.5. The molecule has 0 aliphatic carbocycles. The summed E-state index contributed by atoms with van der Waals surface area (Å²) < 4.78 is 16.9. The molecule has 6 heteroatoms. The average molecular weight is 1050 g/mol. The zero-order valence-corrected chi connectivity index (χ0v) is 49.5. The fourth-order valence-corrected chi connectivity index (χ4v) is 8.45. The molecule has 0 rings (SSSR count). The number of hydrogen-bond acceptors (Lipinski definition) is 6. The van der Waals surface area contributed by atoms with Gasteiger partial charge in [-0.2, -0.15) is 0 Å². The second kappa shape index (κ2) is 63.3. The summed E-state index contributed by atoms with van der Waals surface area (Å²) in [7, 11) is 0. The van der Waals surface area contributed by atoms with Gasteiger partial charge in [-0.1, -0.05) is 251 Å². The van der Waals surface area contributed by atoms with Gasteiger partial charge in [-0.3, -0.25) is 14.4 Å². The van der Waals surface area contributed by atoms with Gasteiger partial charge in [0.1, 0.15) is 13.2 Å². The number of ether oxygens (including phenoxy) is 3. The molecule has 6 nitrogen and oxygen atoms in total. The summed E-state index contributed by atoms with van der Waals surface area (Å²) in [6.45, 7) is 6.46. The highest BCUT2D eigenvalue weighted by Gasteiger charge is 2.19. The highest BCUT2D eigenvalue weighted by Crippen LogP contribution is 2.14. The van der Waals surface area contributed by atoms with Crippen LogP contribution in [0.3, 0.4) is 0 Å². The van der Waals surface area contributed by atoms with Crippen LogP contribution in [0.2, 0.25) is 0 Å². The second-order valence-corrected chi connectivity index (χ2v) is 20.6. The van der Waals surface area contributed by atoms with E-state index in [1.54, 1.807) is 0 Å². The molecule has 0 aromatic heterocycles. The molecule has 0 saturated heterocycles. The number of esters is 3. The summed E-state index contributed by atoms with van der Waals surface area (Å²) in [4.78, 5) is 38.3. The van der Waals surface area contributed by atoms with Gasteiger partial charge in [0.25, 0.3) is 0 Å². The van der Waals surface area contributed by atoms with Gasteiger partial charge in [-0.25, -0.2) is 0 Å². The molecule has 1 atom stereocenters. The van der Waals surface area contributed by atoms with E-state index < -0.39 is 6.10 Å². The molecule has 0 heterocycles. The largest absolute Gasteiger partial charge is 0.462 e. The van der Waals surface area contributed by atoms with Crippen LogP contribution in [0.5, 0.6) is 0 Å². The van der Waals surface area contributed by atoms with Crippen LogP contribution in [0.1, 0.15) is 284 Å². The average Bonchev–Trinajstić information content (AvgIpc) is 3.42. The number of rotatable bonds is 56. The van der Waals surface area contributed by atoms with E-state index in [2.05, 4.69) is 142 Å². The van der Waals surface area contributed by atoms with Crippen LogP contribution in [-0.4, -0.2) is 37.2 Å². The molecule has 0 radical (unpaired) electrons. The smallest absolute Gasteiger partial charge is 0.306 e. The first-order valence-electron chi connectivity index (χ1n) is 31.5. The number of carbonyl (C=O) groups is 3. The molecule has 0 aromatic rings. The third-order valence-electron chi connectivity index (χ3n) is 13.2.